The molecule has 0 saturated carbocycles. The number of imidazole rings is 1. The Balaban J connectivity index is 1.99. The van der Waals surface area contributed by atoms with Crippen molar-refractivity contribution in [2.75, 3.05) is 0 Å². The Morgan fingerprint density at radius 1 is 1.07 bits per heavy atom. The minimum absolute atomic E-state index is 0.0194. The third kappa shape index (κ3) is 2.52. The molecule has 0 aliphatic carbocycles. The third-order valence-electron chi connectivity index (χ3n) is 4.42. The standard InChI is InChI=1S/C16H14F3N7O2/c1-3-24-12-10(13(27)25(4-2)15(24)28)20-11(21-12)8-5-6-9-22-23-14(16(17,18)19)26(9)7-8/h5-7H,3-4H2,1-2H3,(H,20,21). The van der Waals surface area contributed by atoms with E-state index in [1.807, 2.05) is 0 Å². The fourth-order valence-corrected chi connectivity index (χ4v) is 3.09. The van der Waals surface area contributed by atoms with Crippen LogP contribution in [-0.4, -0.2) is 33.7 Å². The Bertz CT molecular complexity index is 1330. The van der Waals surface area contributed by atoms with E-state index in [1.165, 1.54) is 22.9 Å². The normalized spacial score (nSPS) is 12.3. The highest BCUT2D eigenvalue weighted by molar-refractivity contribution is 5.75. The first-order chi connectivity index (χ1) is 13.3. The van der Waals surface area contributed by atoms with E-state index >= 15 is 0 Å². The van der Waals surface area contributed by atoms with Crippen molar-refractivity contribution in [3.63, 3.8) is 0 Å². The number of aromatic amines is 1. The molecule has 4 aromatic heterocycles. The molecule has 0 saturated heterocycles. The lowest BCUT2D eigenvalue weighted by Gasteiger charge is -2.06. The maximum atomic E-state index is 13.1. The van der Waals surface area contributed by atoms with Gasteiger partial charge in [-0.15, -0.1) is 10.2 Å². The van der Waals surface area contributed by atoms with Crippen molar-refractivity contribution in [2.24, 2.45) is 0 Å². The molecule has 1 N–H and O–H groups in total. The lowest BCUT2D eigenvalue weighted by Crippen LogP contribution is -2.39. The maximum Gasteiger partial charge on any atom is 0.452 e. The zero-order chi connectivity index (χ0) is 20.2. The van der Waals surface area contributed by atoms with Crippen LogP contribution in [0.5, 0.6) is 0 Å². The molecule has 146 valence electrons. The van der Waals surface area contributed by atoms with Crippen LogP contribution in [0.1, 0.15) is 19.7 Å². The Morgan fingerprint density at radius 2 is 1.79 bits per heavy atom. The van der Waals surface area contributed by atoms with Gasteiger partial charge in [-0.25, -0.2) is 9.78 Å². The summed E-state index contributed by atoms with van der Waals surface area (Å²) < 4.78 is 42.5. The molecule has 0 spiro atoms. The number of hydrogen-bond acceptors (Lipinski definition) is 5. The number of hydrogen-bond donors (Lipinski definition) is 1. The molecule has 0 aromatic carbocycles. The van der Waals surface area contributed by atoms with Crippen LogP contribution in [0, 0.1) is 0 Å². The Morgan fingerprint density at radius 3 is 2.43 bits per heavy atom. The molecule has 4 rings (SSSR count). The van der Waals surface area contributed by atoms with Crippen molar-refractivity contribution in [1.29, 1.82) is 0 Å². The van der Waals surface area contributed by atoms with Gasteiger partial charge in [0, 0.05) is 24.8 Å². The molecule has 28 heavy (non-hydrogen) atoms. The van der Waals surface area contributed by atoms with Gasteiger partial charge in [0.15, 0.2) is 11.3 Å². The Kier molecular flexibility index (Phi) is 3.87. The predicted molar refractivity (Wildman–Crippen MR) is 92.9 cm³/mol. The van der Waals surface area contributed by atoms with Crippen LogP contribution in [-0.2, 0) is 19.3 Å². The monoisotopic (exact) mass is 393 g/mol. The van der Waals surface area contributed by atoms with Crippen molar-refractivity contribution < 1.29 is 13.2 Å². The molecule has 4 aromatic rings. The van der Waals surface area contributed by atoms with E-state index < -0.39 is 23.2 Å². The second kappa shape index (κ2) is 6.04. The van der Waals surface area contributed by atoms with Crippen LogP contribution in [0.3, 0.4) is 0 Å². The predicted octanol–water partition coefficient (Wildman–Crippen LogP) is 1.65. The average molecular weight is 393 g/mol. The molecule has 0 aliphatic rings. The van der Waals surface area contributed by atoms with Gasteiger partial charge < -0.3 is 4.98 Å². The largest absolute Gasteiger partial charge is 0.452 e. The Hall–Kier alpha value is -3.44. The zero-order valence-corrected chi connectivity index (χ0v) is 14.8. The summed E-state index contributed by atoms with van der Waals surface area (Å²) in [5, 5.41) is 6.68. The molecular weight excluding hydrogens is 379 g/mol. The summed E-state index contributed by atoms with van der Waals surface area (Å²) in [7, 11) is 0. The molecule has 0 radical (unpaired) electrons. The second-order valence-corrected chi connectivity index (χ2v) is 6.03. The van der Waals surface area contributed by atoms with Crippen LogP contribution < -0.4 is 11.2 Å². The quantitative estimate of drug-likeness (QED) is 0.570. The van der Waals surface area contributed by atoms with Gasteiger partial charge in [0.25, 0.3) is 5.56 Å². The maximum absolute atomic E-state index is 13.1. The van der Waals surface area contributed by atoms with E-state index in [1.54, 1.807) is 13.8 Å². The highest BCUT2D eigenvalue weighted by Crippen LogP contribution is 2.29. The van der Waals surface area contributed by atoms with Gasteiger partial charge in [0.2, 0.25) is 5.82 Å². The molecule has 0 aliphatic heterocycles. The van der Waals surface area contributed by atoms with Gasteiger partial charge >= 0.3 is 11.9 Å². The number of aromatic nitrogens is 7. The van der Waals surface area contributed by atoms with E-state index in [2.05, 4.69) is 20.2 Å². The summed E-state index contributed by atoms with van der Waals surface area (Å²) >= 11 is 0. The molecule has 0 amide bonds. The van der Waals surface area contributed by atoms with Crippen LogP contribution in [0.2, 0.25) is 0 Å². The number of pyridine rings is 1. The van der Waals surface area contributed by atoms with Gasteiger partial charge in [-0.1, -0.05) is 0 Å². The van der Waals surface area contributed by atoms with Gasteiger partial charge in [-0.2, -0.15) is 13.2 Å². The summed E-state index contributed by atoms with van der Waals surface area (Å²) in [5.74, 6) is -1.01. The van der Waals surface area contributed by atoms with Crippen LogP contribution in [0.15, 0.2) is 27.9 Å². The summed E-state index contributed by atoms with van der Waals surface area (Å²) in [5.41, 5.74) is -0.464. The number of nitrogens with zero attached hydrogens (tertiary/aromatic N) is 6. The van der Waals surface area contributed by atoms with E-state index in [0.717, 1.165) is 8.97 Å². The van der Waals surface area contributed by atoms with E-state index in [4.69, 9.17) is 0 Å². The topological polar surface area (TPSA) is 103 Å². The molecule has 4 heterocycles. The van der Waals surface area contributed by atoms with Crippen LogP contribution in [0.4, 0.5) is 13.2 Å². The van der Waals surface area contributed by atoms with Crippen LogP contribution in [0.25, 0.3) is 28.2 Å². The molecule has 12 heteroatoms. The lowest BCUT2D eigenvalue weighted by atomic mass is 10.2. The van der Waals surface area contributed by atoms with Crippen LogP contribution >= 0.6 is 0 Å². The zero-order valence-electron chi connectivity index (χ0n) is 14.8. The van der Waals surface area contributed by atoms with E-state index in [-0.39, 0.29) is 41.3 Å². The first kappa shape index (κ1) is 17.9. The van der Waals surface area contributed by atoms with Gasteiger partial charge in [-0.05, 0) is 26.0 Å². The average Bonchev–Trinajstić information content (AvgIpc) is 3.26. The number of halogens is 3. The fourth-order valence-electron chi connectivity index (χ4n) is 3.09. The van der Waals surface area contributed by atoms with Gasteiger partial charge in [0.05, 0.1) is 0 Å². The summed E-state index contributed by atoms with van der Waals surface area (Å²) in [6.45, 7) is 3.87. The molecule has 0 fully saturated rings. The number of rotatable bonds is 3. The lowest BCUT2D eigenvalue weighted by molar-refractivity contribution is -0.145. The number of aryl methyl sites for hydroxylation is 1. The fraction of sp³-hybridized carbons (Fsp3) is 0.312. The molecule has 0 atom stereocenters. The van der Waals surface area contributed by atoms with Gasteiger partial charge in [0.1, 0.15) is 11.3 Å². The number of nitrogens with one attached hydrogen (secondary N) is 1. The number of fused-ring (bicyclic) bond motifs is 2. The van der Waals surface area contributed by atoms with Crippen molar-refractivity contribution in [2.45, 2.75) is 33.1 Å². The Labute approximate surface area is 154 Å². The second-order valence-electron chi connectivity index (χ2n) is 6.03. The summed E-state index contributed by atoms with van der Waals surface area (Å²) in [6.07, 6.45) is -3.49. The smallest absolute Gasteiger partial charge is 0.332 e. The number of H-pyrrole nitrogens is 1. The molecule has 0 bridgehead atoms. The molecular formula is C16H14F3N7O2. The van der Waals surface area contributed by atoms with Crippen molar-refractivity contribution in [3.8, 4) is 11.4 Å². The minimum atomic E-state index is -4.68. The summed E-state index contributed by atoms with van der Waals surface area (Å²) in [4.78, 5) is 32.1. The van der Waals surface area contributed by atoms with Crippen molar-refractivity contribution in [3.05, 3.63) is 45.0 Å². The number of alkyl halides is 3. The molecule has 9 nitrogen and oxygen atoms in total. The summed E-state index contributed by atoms with van der Waals surface area (Å²) in [6, 6.07) is 2.87. The minimum Gasteiger partial charge on any atom is -0.332 e. The van der Waals surface area contributed by atoms with E-state index in [0.29, 0.717) is 0 Å². The third-order valence-corrected chi connectivity index (χ3v) is 4.42. The van der Waals surface area contributed by atoms with E-state index in [9.17, 15) is 22.8 Å². The first-order valence-electron chi connectivity index (χ1n) is 8.42. The van der Waals surface area contributed by atoms with Crippen molar-refractivity contribution >= 4 is 16.8 Å². The first-order valence-corrected chi connectivity index (χ1v) is 8.42. The highest BCUT2D eigenvalue weighted by Gasteiger charge is 2.37. The highest BCUT2D eigenvalue weighted by atomic mass is 19.4. The van der Waals surface area contributed by atoms with Crippen molar-refractivity contribution in [1.82, 2.24) is 33.7 Å². The SMILES string of the molecule is CCn1c(=O)c2[nH]c(-c3ccc4nnc(C(F)(F)F)n4c3)nc2n(CC)c1=O. The van der Waals surface area contributed by atoms with Gasteiger partial charge in [-0.3, -0.25) is 18.3 Å². The molecule has 0 unspecified atom stereocenters.